The van der Waals surface area contributed by atoms with Crippen LogP contribution in [0.5, 0.6) is 0 Å². The van der Waals surface area contributed by atoms with Crippen molar-refractivity contribution in [2.75, 3.05) is 26.2 Å². The second-order valence-corrected chi connectivity index (χ2v) is 2.01. The maximum atomic E-state index is 8.63. The largest absolute Gasteiger partial charge is 0.379 e. The first kappa shape index (κ1) is 9.84. The summed E-state index contributed by atoms with van der Waals surface area (Å²) in [5, 5.41) is 14.4. The number of aliphatic hydroxyl groups is 1. The smallest absolute Gasteiger partial charge is 0.105 e. The Bertz CT molecular complexity index is 68.0. The molecule has 0 aromatic heterocycles. The summed E-state index contributed by atoms with van der Waals surface area (Å²) in [6.45, 7) is 6.33. The second kappa shape index (κ2) is 6.95. The third-order valence-corrected chi connectivity index (χ3v) is 1.00. The molecule has 0 heterocycles. The lowest BCUT2D eigenvalue weighted by Gasteiger charge is -2.06. The van der Waals surface area contributed by atoms with E-state index in [1.54, 1.807) is 0 Å². The number of nitrogens with two attached hydrogens (primary N) is 1. The van der Waals surface area contributed by atoms with Gasteiger partial charge in [0, 0.05) is 26.2 Å². The highest BCUT2D eigenvalue weighted by molar-refractivity contribution is 4.56. The molecule has 0 saturated carbocycles. The molecule has 0 aromatic rings. The number of nitrogens with one attached hydrogen (secondary N) is 2. The lowest BCUT2D eigenvalue weighted by atomic mass is 10.5. The van der Waals surface area contributed by atoms with E-state index in [0.717, 1.165) is 13.1 Å². The molecule has 0 spiro atoms. The van der Waals surface area contributed by atoms with E-state index < -0.39 is 6.23 Å². The molecule has 5 N–H and O–H groups in total. The first-order chi connectivity index (χ1) is 4.77. The summed E-state index contributed by atoms with van der Waals surface area (Å²) in [4.78, 5) is 0. The normalized spacial score (nSPS) is 13.5. The van der Waals surface area contributed by atoms with Crippen LogP contribution < -0.4 is 16.4 Å². The van der Waals surface area contributed by atoms with E-state index >= 15 is 0 Å². The maximum Gasteiger partial charge on any atom is 0.105 e. The molecule has 0 aliphatic heterocycles. The average molecular weight is 146 g/mol. The van der Waals surface area contributed by atoms with Gasteiger partial charge in [-0.2, -0.15) is 0 Å². The van der Waals surface area contributed by atoms with E-state index in [-0.39, 0.29) is 0 Å². The Balaban J connectivity index is 2.77. The molecule has 0 aliphatic rings. The number of aliphatic hydroxyl groups excluding tert-OH is 1. The summed E-state index contributed by atoms with van der Waals surface area (Å²) >= 11 is 0. The predicted molar refractivity (Wildman–Crippen MR) is 41.3 cm³/mol. The Hall–Kier alpha value is -0.160. The molecule has 1 radical (unpaired) electrons. The van der Waals surface area contributed by atoms with Crippen LogP contribution in [0.25, 0.3) is 0 Å². The van der Waals surface area contributed by atoms with Crippen molar-refractivity contribution in [3.05, 3.63) is 6.92 Å². The first-order valence-electron chi connectivity index (χ1n) is 3.42. The molecule has 0 saturated heterocycles. The first-order valence-corrected chi connectivity index (χ1v) is 3.42. The van der Waals surface area contributed by atoms with Gasteiger partial charge in [0.15, 0.2) is 0 Å². The average Bonchev–Trinajstić information content (AvgIpc) is 1.87. The van der Waals surface area contributed by atoms with Gasteiger partial charge < -0.3 is 16.2 Å². The summed E-state index contributed by atoms with van der Waals surface area (Å²) in [6.07, 6.45) is -0.667. The molecule has 0 bridgehead atoms. The van der Waals surface area contributed by atoms with Gasteiger partial charge in [0.2, 0.25) is 0 Å². The zero-order chi connectivity index (χ0) is 7.82. The number of hydrogen-bond donors (Lipinski definition) is 4. The van der Waals surface area contributed by atoms with Gasteiger partial charge in [-0.3, -0.25) is 5.32 Å². The van der Waals surface area contributed by atoms with Crippen molar-refractivity contribution in [2.24, 2.45) is 5.73 Å². The fourth-order valence-corrected chi connectivity index (χ4v) is 0.554. The fourth-order valence-electron chi connectivity index (χ4n) is 0.554. The van der Waals surface area contributed by atoms with Crippen LogP contribution in [0, 0.1) is 6.92 Å². The van der Waals surface area contributed by atoms with Crippen molar-refractivity contribution >= 4 is 0 Å². The number of rotatable bonds is 6. The predicted octanol–water partition coefficient (Wildman–Crippen LogP) is -1.72. The summed E-state index contributed by atoms with van der Waals surface area (Å²) in [5.74, 6) is 0. The van der Waals surface area contributed by atoms with Gasteiger partial charge in [0.05, 0.1) is 0 Å². The zero-order valence-corrected chi connectivity index (χ0v) is 6.14. The fraction of sp³-hybridized carbons (Fsp3) is 0.833. The van der Waals surface area contributed by atoms with Crippen LogP contribution in [0.2, 0.25) is 0 Å². The molecule has 0 fully saturated rings. The van der Waals surface area contributed by atoms with Crippen LogP contribution in [0.3, 0.4) is 0 Å². The van der Waals surface area contributed by atoms with Crippen molar-refractivity contribution in [1.29, 1.82) is 0 Å². The van der Waals surface area contributed by atoms with E-state index in [2.05, 4.69) is 17.6 Å². The van der Waals surface area contributed by atoms with E-state index in [4.69, 9.17) is 10.8 Å². The van der Waals surface area contributed by atoms with Gasteiger partial charge in [-0.25, -0.2) is 0 Å². The van der Waals surface area contributed by atoms with Crippen LogP contribution in [0.15, 0.2) is 0 Å². The van der Waals surface area contributed by atoms with Crippen molar-refractivity contribution in [3.8, 4) is 0 Å². The lowest BCUT2D eigenvalue weighted by Crippen LogP contribution is -2.34. The van der Waals surface area contributed by atoms with Crippen molar-refractivity contribution in [3.63, 3.8) is 0 Å². The summed E-state index contributed by atoms with van der Waals surface area (Å²) in [7, 11) is 0. The molecule has 0 rings (SSSR count). The zero-order valence-electron chi connectivity index (χ0n) is 6.14. The topological polar surface area (TPSA) is 70.3 Å². The molecule has 0 amide bonds. The van der Waals surface area contributed by atoms with Crippen LogP contribution in [-0.2, 0) is 0 Å². The number of hydrogen-bond acceptors (Lipinski definition) is 4. The molecule has 0 aliphatic carbocycles. The highest BCUT2D eigenvalue weighted by Crippen LogP contribution is 1.66. The Morgan fingerprint density at radius 1 is 1.40 bits per heavy atom. The molecular weight excluding hydrogens is 130 g/mol. The minimum Gasteiger partial charge on any atom is -0.379 e. The molecule has 61 valence electrons. The van der Waals surface area contributed by atoms with Crippen molar-refractivity contribution in [1.82, 2.24) is 10.6 Å². The molecule has 4 nitrogen and oxygen atoms in total. The van der Waals surface area contributed by atoms with Crippen molar-refractivity contribution < 1.29 is 5.11 Å². The van der Waals surface area contributed by atoms with Gasteiger partial charge in [0.1, 0.15) is 6.23 Å². The van der Waals surface area contributed by atoms with E-state index in [9.17, 15) is 0 Å². The molecule has 1 unspecified atom stereocenters. The van der Waals surface area contributed by atoms with E-state index in [1.165, 1.54) is 0 Å². The van der Waals surface area contributed by atoms with Gasteiger partial charge in [0.25, 0.3) is 0 Å². The summed E-state index contributed by atoms with van der Waals surface area (Å²) in [5.41, 5.74) is 5.23. The standard InChI is InChI=1S/C6H16N3O/c1-6(10)9-5-4-8-3-2-7/h6,8-10H,1-5,7H2. The Labute approximate surface area is 61.8 Å². The van der Waals surface area contributed by atoms with Crippen LogP contribution >= 0.6 is 0 Å². The third-order valence-electron chi connectivity index (χ3n) is 1.00. The Kier molecular flexibility index (Phi) is 6.84. The molecule has 1 atom stereocenters. The Morgan fingerprint density at radius 2 is 2.10 bits per heavy atom. The van der Waals surface area contributed by atoms with Crippen LogP contribution in [0.4, 0.5) is 0 Å². The highest BCUT2D eigenvalue weighted by Gasteiger charge is 1.90. The monoisotopic (exact) mass is 146 g/mol. The van der Waals surface area contributed by atoms with Gasteiger partial charge in [-0.1, -0.05) is 0 Å². The second-order valence-electron chi connectivity index (χ2n) is 2.01. The third kappa shape index (κ3) is 7.84. The molecule has 0 aromatic carbocycles. The summed E-state index contributed by atoms with van der Waals surface area (Å²) < 4.78 is 0. The maximum absolute atomic E-state index is 8.63. The van der Waals surface area contributed by atoms with Crippen LogP contribution in [-0.4, -0.2) is 37.5 Å². The quantitative estimate of drug-likeness (QED) is 0.266. The van der Waals surface area contributed by atoms with Gasteiger partial charge in [-0.05, 0) is 6.92 Å². The summed E-state index contributed by atoms with van der Waals surface area (Å²) in [6, 6.07) is 0. The van der Waals surface area contributed by atoms with Crippen LogP contribution in [0.1, 0.15) is 0 Å². The molecular formula is C6H16N3O. The highest BCUT2D eigenvalue weighted by atomic mass is 16.3. The molecule has 10 heavy (non-hydrogen) atoms. The molecule has 4 heteroatoms. The SMILES string of the molecule is [CH2]C(O)NCCNCCN. The van der Waals surface area contributed by atoms with Gasteiger partial charge in [-0.15, -0.1) is 0 Å². The lowest BCUT2D eigenvalue weighted by molar-refractivity contribution is 0.182. The minimum absolute atomic E-state index is 0.646. The Morgan fingerprint density at radius 3 is 2.60 bits per heavy atom. The van der Waals surface area contributed by atoms with Gasteiger partial charge >= 0.3 is 0 Å². The van der Waals surface area contributed by atoms with Crippen molar-refractivity contribution in [2.45, 2.75) is 6.23 Å². The van der Waals surface area contributed by atoms with E-state index in [1.807, 2.05) is 0 Å². The minimum atomic E-state index is -0.667. The van der Waals surface area contributed by atoms with E-state index in [0.29, 0.717) is 13.1 Å².